The summed E-state index contributed by atoms with van der Waals surface area (Å²) in [6, 6.07) is 7.11. The van der Waals surface area contributed by atoms with Crippen molar-refractivity contribution in [3.63, 3.8) is 0 Å². The van der Waals surface area contributed by atoms with Gasteiger partial charge in [0.05, 0.1) is 32.3 Å². The second-order valence-corrected chi connectivity index (χ2v) is 4.23. The van der Waals surface area contributed by atoms with Crippen molar-refractivity contribution in [3.8, 4) is 22.8 Å². The van der Waals surface area contributed by atoms with Gasteiger partial charge < -0.3 is 14.5 Å². The number of benzene rings is 1. The van der Waals surface area contributed by atoms with Crippen LogP contribution >= 0.6 is 0 Å². The predicted molar refractivity (Wildman–Crippen MR) is 74.4 cm³/mol. The molecule has 102 valence electrons. The fourth-order valence-corrected chi connectivity index (χ4v) is 2.09. The number of rotatable bonds is 3. The highest BCUT2D eigenvalue weighted by molar-refractivity contribution is 5.64. The average molecular weight is 271 g/mol. The lowest BCUT2D eigenvalue weighted by molar-refractivity contribution is 0.355. The maximum absolute atomic E-state index is 11.9. The lowest BCUT2D eigenvalue weighted by Crippen LogP contribution is -2.10. The van der Waals surface area contributed by atoms with Gasteiger partial charge in [-0.1, -0.05) is 0 Å². The molecular formula is C14H13N3O3. The molecule has 0 aliphatic carbocycles. The fourth-order valence-electron chi connectivity index (χ4n) is 2.09. The predicted octanol–water partition coefficient (Wildman–Crippen LogP) is 1.71. The van der Waals surface area contributed by atoms with Gasteiger partial charge in [0.25, 0.3) is 5.56 Å². The number of hydrogen-bond acceptors (Lipinski definition) is 4. The van der Waals surface area contributed by atoms with Crippen LogP contribution in [0.15, 0.2) is 41.5 Å². The highest BCUT2D eigenvalue weighted by atomic mass is 16.5. The monoisotopic (exact) mass is 271 g/mol. The summed E-state index contributed by atoms with van der Waals surface area (Å²) < 4.78 is 12.0. The van der Waals surface area contributed by atoms with E-state index in [2.05, 4.69) is 10.1 Å². The van der Waals surface area contributed by atoms with E-state index in [9.17, 15) is 4.79 Å². The first-order valence-electron chi connectivity index (χ1n) is 6.02. The van der Waals surface area contributed by atoms with Crippen LogP contribution in [0.25, 0.3) is 16.8 Å². The molecule has 3 aromatic rings. The summed E-state index contributed by atoms with van der Waals surface area (Å²) in [6.45, 7) is 0. The molecule has 1 aromatic carbocycles. The zero-order valence-electron chi connectivity index (χ0n) is 11.1. The Bertz CT molecular complexity index is 820. The molecule has 0 aliphatic rings. The Morgan fingerprint density at radius 1 is 1.15 bits per heavy atom. The van der Waals surface area contributed by atoms with Crippen LogP contribution in [0.1, 0.15) is 0 Å². The molecular weight excluding hydrogens is 258 g/mol. The highest BCUT2D eigenvalue weighted by Gasteiger charge is 2.09. The highest BCUT2D eigenvalue weighted by Crippen LogP contribution is 2.31. The van der Waals surface area contributed by atoms with E-state index < -0.39 is 0 Å². The zero-order chi connectivity index (χ0) is 14.1. The van der Waals surface area contributed by atoms with Gasteiger partial charge in [0.15, 0.2) is 11.5 Å². The molecule has 3 rings (SSSR count). The second kappa shape index (κ2) is 4.73. The van der Waals surface area contributed by atoms with Crippen LogP contribution in [-0.4, -0.2) is 28.8 Å². The number of H-pyrrole nitrogens is 1. The summed E-state index contributed by atoms with van der Waals surface area (Å²) in [6.07, 6.45) is 3.35. The maximum Gasteiger partial charge on any atom is 0.274 e. The van der Waals surface area contributed by atoms with Gasteiger partial charge >= 0.3 is 0 Å². The van der Waals surface area contributed by atoms with E-state index in [0.29, 0.717) is 22.7 Å². The summed E-state index contributed by atoms with van der Waals surface area (Å²) >= 11 is 0. The van der Waals surface area contributed by atoms with Gasteiger partial charge in [0, 0.05) is 5.56 Å². The van der Waals surface area contributed by atoms with E-state index in [-0.39, 0.29) is 5.56 Å². The Morgan fingerprint density at radius 3 is 2.70 bits per heavy atom. The molecule has 0 saturated heterocycles. The largest absolute Gasteiger partial charge is 0.493 e. The summed E-state index contributed by atoms with van der Waals surface area (Å²) in [5.41, 5.74) is 1.80. The first-order chi connectivity index (χ1) is 9.72. The molecule has 6 nitrogen and oxygen atoms in total. The van der Waals surface area contributed by atoms with Crippen LogP contribution < -0.4 is 15.0 Å². The van der Waals surface area contributed by atoms with Crippen molar-refractivity contribution in [2.75, 3.05) is 14.2 Å². The van der Waals surface area contributed by atoms with Gasteiger partial charge in [-0.05, 0) is 24.3 Å². The Hall–Kier alpha value is -2.76. The average Bonchev–Trinajstić information content (AvgIpc) is 2.95. The zero-order valence-corrected chi connectivity index (χ0v) is 11.1. The van der Waals surface area contributed by atoms with Gasteiger partial charge in [0.1, 0.15) is 5.52 Å². The van der Waals surface area contributed by atoms with E-state index in [1.54, 1.807) is 49.3 Å². The summed E-state index contributed by atoms with van der Waals surface area (Å²) in [5, 5.41) is 4.08. The number of fused-ring (bicyclic) bond motifs is 1. The van der Waals surface area contributed by atoms with Crippen LogP contribution in [0.5, 0.6) is 11.5 Å². The maximum atomic E-state index is 11.9. The smallest absolute Gasteiger partial charge is 0.274 e. The van der Waals surface area contributed by atoms with Crippen molar-refractivity contribution in [3.05, 3.63) is 47.0 Å². The van der Waals surface area contributed by atoms with Crippen LogP contribution in [0.2, 0.25) is 0 Å². The molecule has 1 N–H and O–H groups in total. The normalized spacial score (nSPS) is 10.7. The lowest BCUT2D eigenvalue weighted by atomic mass is 10.1. The molecule has 2 aromatic heterocycles. The molecule has 6 heteroatoms. The Kier molecular flexibility index (Phi) is 2.90. The molecule has 0 unspecified atom stereocenters. The molecule has 2 heterocycles. The number of ether oxygens (including phenoxy) is 2. The third-order valence-corrected chi connectivity index (χ3v) is 3.10. The molecule has 0 saturated carbocycles. The number of hydrogen-bond donors (Lipinski definition) is 1. The van der Waals surface area contributed by atoms with Crippen LogP contribution in [-0.2, 0) is 0 Å². The van der Waals surface area contributed by atoms with Crippen molar-refractivity contribution in [1.29, 1.82) is 0 Å². The molecule has 0 amide bonds. The van der Waals surface area contributed by atoms with Crippen molar-refractivity contribution < 1.29 is 9.47 Å². The Morgan fingerprint density at radius 2 is 1.95 bits per heavy atom. The van der Waals surface area contributed by atoms with E-state index in [1.807, 2.05) is 6.07 Å². The van der Waals surface area contributed by atoms with Crippen LogP contribution in [0, 0.1) is 0 Å². The number of nitrogens with one attached hydrogen (secondary N) is 1. The number of nitrogens with zero attached hydrogens (tertiary/aromatic N) is 2. The third kappa shape index (κ3) is 1.91. The van der Waals surface area contributed by atoms with Crippen LogP contribution in [0.3, 0.4) is 0 Å². The van der Waals surface area contributed by atoms with E-state index >= 15 is 0 Å². The van der Waals surface area contributed by atoms with Gasteiger partial charge in [-0.25, -0.2) is 4.52 Å². The van der Waals surface area contributed by atoms with Crippen molar-refractivity contribution in [2.24, 2.45) is 0 Å². The van der Waals surface area contributed by atoms with Crippen molar-refractivity contribution in [2.45, 2.75) is 0 Å². The molecule has 0 aliphatic heterocycles. The quantitative estimate of drug-likeness (QED) is 0.787. The minimum atomic E-state index is -0.185. The standard InChI is InChI=1S/C14H13N3O3/c1-19-12-4-3-9(7-13(12)20-2)10-8-17-11(5-6-15-17)14(18)16-10/h3-8H,1-2H3,(H,16,18). The molecule has 0 bridgehead atoms. The third-order valence-electron chi connectivity index (χ3n) is 3.10. The Balaban J connectivity index is 2.17. The molecule has 0 radical (unpaired) electrons. The molecule has 20 heavy (non-hydrogen) atoms. The topological polar surface area (TPSA) is 68.6 Å². The Labute approximate surface area is 114 Å². The van der Waals surface area contributed by atoms with Gasteiger partial charge in [-0.15, -0.1) is 0 Å². The summed E-state index contributed by atoms with van der Waals surface area (Å²) in [5.74, 6) is 1.24. The molecule has 0 atom stereocenters. The van der Waals surface area contributed by atoms with E-state index in [4.69, 9.17) is 9.47 Å². The minimum absolute atomic E-state index is 0.185. The first kappa shape index (κ1) is 12.3. The van der Waals surface area contributed by atoms with Gasteiger partial charge in [-0.3, -0.25) is 4.79 Å². The van der Waals surface area contributed by atoms with Crippen molar-refractivity contribution in [1.82, 2.24) is 14.6 Å². The number of methoxy groups -OCH3 is 2. The van der Waals surface area contributed by atoms with Crippen LogP contribution in [0.4, 0.5) is 0 Å². The summed E-state index contributed by atoms with van der Waals surface area (Å²) in [4.78, 5) is 14.8. The lowest BCUT2D eigenvalue weighted by Gasteiger charge is -2.09. The number of aromatic nitrogens is 3. The first-order valence-corrected chi connectivity index (χ1v) is 6.02. The fraction of sp³-hybridized carbons (Fsp3) is 0.143. The van der Waals surface area contributed by atoms with E-state index in [0.717, 1.165) is 5.56 Å². The van der Waals surface area contributed by atoms with E-state index in [1.165, 1.54) is 0 Å². The van der Waals surface area contributed by atoms with Crippen molar-refractivity contribution >= 4 is 5.52 Å². The SMILES string of the molecule is COc1ccc(-c2cn3nccc3c(=O)[nH]2)cc1OC. The molecule has 0 fully saturated rings. The number of aromatic amines is 1. The van der Waals surface area contributed by atoms with Gasteiger partial charge in [-0.2, -0.15) is 5.10 Å². The molecule has 0 spiro atoms. The summed E-state index contributed by atoms with van der Waals surface area (Å²) in [7, 11) is 3.15. The second-order valence-electron chi connectivity index (χ2n) is 4.23. The van der Waals surface area contributed by atoms with Gasteiger partial charge in [0.2, 0.25) is 0 Å². The minimum Gasteiger partial charge on any atom is -0.493 e.